The van der Waals surface area contributed by atoms with Crippen molar-refractivity contribution in [1.29, 1.82) is 0 Å². The molecule has 124 valence electrons. The molecule has 0 spiro atoms. The summed E-state index contributed by atoms with van der Waals surface area (Å²) in [5.74, 6) is -0.156. The third-order valence-electron chi connectivity index (χ3n) is 3.63. The van der Waals surface area contributed by atoms with E-state index in [1.807, 2.05) is 25.1 Å². The van der Waals surface area contributed by atoms with E-state index in [9.17, 15) is 9.59 Å². The van der Waals surface area contributed by atoms with Gasteiger partial charge in [0.15, 0.2) is 5.82 Å². The van der Waals surface area contributed by atoms with Crippen molar-refractivity contribution in [1.82, 2.24) is 9.97 Å². The predicted octanol–water partition coefficient (Wildman–Crippen LogP) is 2.80. The summed E-state index contributed by atoms with van der Waals surface area (Å²) in [6.45, 7) is 1.91. The van der Waals surface area contributed by atoms with Gasteiger partial charge in [-0.15, -0.1) is 0 Å². The van der Waals surface area contributed by atoms with Crippen LogP contribution < -0.4 is 11.1 Å². The molecule has 0 saturated carbocycles. The number of rotatable bonds is 4. The zero-order chi connectivity index (χ0) is 17.8. The van der Waals surface area contributed by atoms with Gasteiger partial charge in [-0.05, 0) is 61.5 Å². The standard InChI is InChI=1S/C19H16N4O2/c1-12-10-11-21-18(22-12)14-6-8-16(9-7-14)23-19(25)15-4-2-13(3-5-15)17(20)24/h2-11H,1H3,(H2,20,24)(H,23,25). The van der Waals surface area contributed by atoms with Crippen LogP contribution in [0.25, 0.3) is 11.4 Å². The fourth-order valence-corrected chi connectivity index (χ4v) is 2.28. The van der Waals surface area contributed by atoms with E-state index in [1.54, 1.807) is 30.5 Å². The molecule has 0 bridgehead atoms. The number of hydrogen-bond donors (Lipinski definition) is 2. The molecule has 1 heterocycles. The highest BCUT2D eigenvalue weighted by Crippen LogP contribution is 2.18. The van der Waals surface area contributed by atoms with E-state index in [1.165, 1.54) is 12.1 Å². The van der Waals surface area contributed by atoms with Crippen molar-refractivity contribution < 1.29 is 9.59 Å². The Balaban J connectivity index is 1.72. The van der Waals surface area contributed by atoms with Gasteiger partial charge in [0.2, 0.25) is 5.91 Å². The molecule has 0 fully saturated rings. The number of hydrogen-bond acceptors (Lipinski definition) is 4. The largest absolute Gasteiger partial charge is 0.366 e. The Morgan fingerprint density at radius 2 is 1.56 bits per heavy atom. The highest BCUT2D eigenvalue weighted by molar-refractivity contribution is 6.05. The van der Waals surface area contributed by atoms with Gasteiger partial charge in [0.25, 0.3) is 5.91 Å². The normalized spacial score (nSPS) is 10.3. The first-order chi connectivity index (χ1) is 12.0. The van der Waals surface area contributed by atoms with Crippen molar-refractivity contribution >= 4 is 17.5 Å². The van der Waals surface area contributed by atoms with E-state index in [0.29, 0.717) is 22.6 Å². The van der Waals surface area contributed by atoms with Crippen molar-refractivity contribution in [2.45, 2.75) is 6.92 Å². The molecule has 3 N–H and O–H groups in total. The van der Waals surface area contributed by atoms with Gasteiger partial charge < -0.3 is 11.1 Å². The SMILES string of the molecule is Cc1ccnc(-c2ccc(NC(=O)c3ccc(C(N)=O)cc3)cc2)n1. The third kappa shape index (κ3) is 3.87. The third-order valence-corrected chi connectivity index (χ3v) is 3.63. The molecule has 1 aromatic heterocycles. The van der Waals surface area contributed by atoms with Gasteiger partial charge in [-0.25, -0.2) is 9.97 Å². The van der Waals surface area contributed by atoms with Gasteiger partial charge >= 0.3 is 0 Å². The molecule has 2 aromatic carbocycles. The minimum atomic E-state index is -0.527. The number of nitrogens with zero attached hydrogens (tertiary/aromatic N) is 2. The molecule has 3 rings (SSSR count). The molecule has 6 nitrogen and oxygen atoms in total. The lowest BCUT2D eigenvalue weighted by Crippen LogP contribution is -2.14. The quantitative estimate of drug-likeness (QED) is 0.767. The minimum absolute atomic E-state index is 0.268. The van der Waals surface area contributed by atoms with Crippen LogP contribution in [-0.2, 0) is 0 Å². The fourth-order valence-electron chi connectivity index (χ4n) is 2.28. The number of nitrogens with one attached hydrogen (secondary N) is 1. The average Bonchev–Trinajstić information content (AvgIpc) is 2.62. The summed E-state index contributed by atoms with van der Waals surface area (Å²) in [6, 6.07) is 15.3. The van der Waals surface area contributed by atoms with Crippen LogP contribution in [0.3, 0.4) is 0 Å². The Labute approximate surface area is 144 Å². The molecule has 0 radical (unpaired) electrons. The summed E-state index contributed by atoms with van der Waals surface area (Å²) < 4.78 is 0. The molecular formula is C19H16N4O2. The summed E-state index contributed by atoms with van der Waals surface area (Å²) >= 11 is 0. The number of carbonyl (C=O) groups excluding carboxylic acids is 2. The van der Waals surface area contributed by atoms with Crippen LogP contribution in [0.15, 0.2) is 60.8 Å². The Hall–Kier alpha value is -3.54. The van der Waals surface area contributed by atoms with E-state index in [4.69, 9.17) is 5.73 Å². The molecule has 25 heavy (non-hydrogen) atoms. The number of nitrogens with two attached hydrogens (primary N) is 1. The van der Waals surface area contributed by atoms with Crippen LogP contribution >= 0.6 is 0 Å². The van der Waals surface area contributed by atoms with Crippen molar-refractivity contribution in [2.75, 3.05) is 5.32 Å². The van der Waals surface area contributed by atoms with Crippen molar-refractivity contribution in [2.24, 2.45) is 5.73 Å². The number of benzene rings is 2. The van der Waals surface area contributed by atoms with Gasteiger partial charge in [0, 0.05) is 34.3 Å². The first-order valence-electron chi connectivity index (χ1n) is 7.64. The number of carbonyl (C=O) groups is 2. The summed E-state index contributed by atoms with van der Waals surface area (Å²) in [7, 11) is 0. The van der Waals surface area contributed by atoms with Gasteiger partial charge in [0.05, 0.1) is 0 Å². The summed E-state index contributed by atoms with van der Waals surface area (Å²) in [5, 5.41) is 2.80. The van der Waals surface area contributed by atoms with Crippen molar-refractivity contribution in [3.63, 3.8) is 0 Å². The lowest BCUT2D eigenvalue weighted by Gasteiger charge is -2.07. The first kappa shape index (κ1) is 16.3. The van der Waals surface area contributed by atoms with E-state index >= 15 is 0 Å². The maximum Gasteiger partial charge on any atom is 0.255 e. The molecular weight excluding hydrogens is 316 g/mol. The first-order valence-corrected chi connectivity index (χ1v) is 7.64. The number of anilines is 1. The number of primary amides is 1. The van der Waals surface area contributed by atoms with Gasteiger partial charge in [-0.2, -0.15) is 0 Å². The lowest BCUT2D eigenvalue weighted by molar-refractivity contribution is 0.0995. The van der Waals surface area contributed by atoms with Crippen LogP contribution in [-0.4, -0.2) is 21.8 Å². The molecule has 0 unspecified atom stereocenters. The lowest BCUT2D eigenvalue weighted by atomic mass is 10.1. The molecule has 2 amide bonds. The second kappa shape index (κ2) is 6.92. The highest BCUT2D eigenvalue weighted by atomic mass is 16.2. The van der Waals surface area contributed by atoms with Crippen LogP contribution in [0.5, 0.6) is 0 Å². The topological polar surface area (TPSA) is 98.0 Å². The van der Waals surface area contributed by atoms with Crippen molar-refractivity contribution in [3.05, 3.63) is 77.6 Å². The minimum Gasteiger partial charge on any atom is -0.366 e. The van der Waals surface area contributed by atoms with Crippen LogP contribution in [0.2, 0.25) is 0 Å². The Bertz CT molecular complexity index is 919. The molecule has 0 atom stereocenters. The van der Waals surface area contributed by atoms with Gasteiger partial charge in [-0.3, -0.25) is 9.59 Å². The Kier molecular flexibility index (Phi) is 4.52. The molecule has 0 aliphatic carbocycles. The van der Waals surface area contributed by atoms with E-state index in [2.05, 4.69) is 15.3 Å². The van der Waals surface area contributed by atoms with Gasteiger partial charge in [-0.1, -0.05) is 0 Å². The molecule has 3 aromatic rings. The molecule has 0 aliphatic heterocycles. The van der Waals surface area contributed by atoms with E-state index < -0.39 is 5.91 Å². The predicted molar refractivity (Wildman–Crippen MR) is 95.1 cm³/mol. The second-order valence-electron chi connectivity index (χ2n) is 5.49. The second-order valence-corrected chi connectivity index (χ2v) is 5.49. The highest BCUT2D eigenvalue weighted by Gasteiger charge is 2.08. The fraction of sp³-hybridized carbons (Fsp3) is 0.0526. The van der Waals surface area contributed by atoms with Crippen LogP contribution in [0, 0.1) is 6.92 Å². The number of amides is 2. The van der Waals surface area contributed by atoms with Crippen molar-refractivity contribution in [3.8, 4) is 11.4 Å². The Morgan fingerprint density at radius 1 is 0.920 bits per heavy atom. The van der Waals surface area contributed by atoms with Crippen LogP contribution in [0.4, 0.5) is 5.69 Å². The zero-order valence-corrected chi connectivity index (χ0v) is 13.6. The van der Waals surface area contributed by atoms with Crippen LogP contribution in [0.1, 0.15) is 26.4 Å². The van der Waals surface area contributed by atoms with E-state index in [0.717, 1.165) is 11.3 Å². The monoisotopic (exact) mass is 332 g/mol. The van der Waals surface area contributed by atoms with E-state index in [-0.39, 0.29) is 5.91 Å². The summed E-state index contributed by atoms with van der Waals surface area (Å²) in [6.07, 6.45) is 1.71. The summed E-state index contributed by atoms with van der Waals surface area (Å²) in [5.41, 5.74) is 8.40. The molecule has 0 aliphatic rings. The number of aromatic nitrogens is 2. The Morgan fingerprint density at radius 3 is 2.16 bits per heavy atom. The molecule has 6 heteroatoms. The smallest absolute Gasteiger partial charge is 0.255 e. The summed E-state index contributed by atoms with van der Waals surface area (Å²) in [4.78, 5) is 31.9. The molecule has 0 saturated heterocycles. The van der Waals surface area contributed by atoms with Gasteiger partial charge in [0.1, 0.15) is 0 Å². The maximum absolute atomic E-state index is 12.2. The number of aryl methyl sites for hydroxylation is 1. The zero-order valence-electron chi connectivity index (χ0n) is 13.6. The maximum atomic E-state index is 12.2. The average molecular weight is 332 g/mol.